The molecule has 0 saturated heterocycles. The fourth-order valence-electron chi connectivity index (χ4n) is 1.14. The molecule has 0 aliphatic rings. The summed E-state index contributed by atoms with van der Waals surface area (Å²) in [5.41, 5.74) is 0.625. The van der Waals surface area contributed by atoms with Crippen LogP contribution in [-0.4, -0.2) is 16.1 Å². The van der Waals surface area contributed by atoms with E-state index in [1.165, 1.54) is 0 Å². The lowest BCUT2D eigenvalue weighted by molar-refractivity contribution is 0.0689. The number of oxazole rings is 1. The molecule has 0 amide bonds. The summed E-state index contributed by atoms with van der Waals surface area (Å²) in [5, 5.41) is 8.77. The molecule has 0 radical (unpaired) electrons. The Balaban J connectivity index is 2.48. The first-order valence-electron chi connectivity index (χ1n) is 4.13. The van der Waals surface area contributed by atoms with E-state index in [0.717, 1.165) is 5.56 Å². The van der Waals surface area contributed by atoms with Crippen LogP contribution in [0.25, 0.3) is 11.5 Å². The number of carboxylic acid groups (broad SMARTS) is 1. The highest BCUT2D eigenvalue weighted by Crippen LogP contribution is 2.25. The first-order valence-corrected chi connectivity index (χ1v) is 4.93. The summed E-state index contributed by atoms with van der Waals surface area (Å²) < 4.78 is 5.32. The van der Waals surface area contributed by atoms with Gasteiger partial charge in [-0.1, -0.05) is 18.2 Å². The number of nitrogens with zero attached hydrogens (tertiary/aromatic N) is 1. The fraction of sp³-hybridized carbons (Fsp3) is 0. The van der Waals surface area contributed by atoms with Crippen LogP contribution in [0, 0.1) is 0 Å². The predicted octanol–water partition coefficient (Wildman–Crippen LogP) is 2.80. The molecule has 5 heteroatoms. The van der Waals surface area contributed by atoms with E-state index in [9.17, 15) is 4.79 Å². The zero-order valence-electron chi connectivity index (χ0n) is 7.48. The monoisotopic (exact) mass is 267 g/mol. The van der Waals surface area contributed by atoms with Crippen molar-refractivity contribution in [1.29, 1.82) is 0 Å². The Bertz CT molecular complexity index is 493. The topological polar surface area (TPSA) is 63.3 Å². The molecular formula is C10H6BrNO3. The van der Waals surface area contributed by atoms with Crippen molar-refractivity contribution in [1.82, 2.24) is 4.98 Å². The Hall–Kier alpha value is -1.62. The third kappa shape index (κ3) is 1.92. The molecule has 1 N–H and O–H groups in total. The summed E-state index contributed by atoms with van der Waals surface area (Å²) in [5.74, 6) is -0.826. The molecule has 0 aliphatic heterocycles. The van der Waals surface area contributed by atoms with E-state index in [4.69, 9.17) is 9.52 Å². The summed E-state index contributed by atoms with van der Waals surface area (Å²) in [6, 6.07) is 9.11. The second-order valence-electron chi connectivity index (χ2n) is 2.81. The van der Waals surface area contributed by atoms with Gasteiger partial charge in [0.15, 0.2) is 0 Å². The quantitative estimate of drug-likeness (QED) is 0.909. The maximum absolute atomic E-state index is 10.7. The minimum Gasteiger partial charge on any atom is -0.476 e. The number of benzene rings is 1. The van der Waals surface area contributed by atoms with Crippen molar-refractivity contribution >= 4 is 21.9 Å². The van der Waals surface area contributed by atoms with Crippen molar-refractivity contribution in [3.8, 4) is 11.5 Å². The molecule has 1 aromatic heterocycles. The van der Waals surface area contributed by atoms with Gasteiger partial charge < -0.3 is 9.52 Å². The molecule has 1 aromatic carbocycles. The van der Waals surface area contributed by atoms with E-state index in [1.807, 2.05) is 18.2 Å². The first-order chi connectivity index (χ1) is 7.18. The number of halogens is 1. The summed E-state index contributed by atoms with van der Waals surface area (Å²) >= 11 is 3.00. The minimum absolute atomic E-state index is 0.117. The van der Waals surface area contributed by atoms with Crippen molar-refractivity contribution < 1.29 is 14.3 Å². The largest absolute Gasteiger partial charge is 0.476 e. The van der Waals surface area contributed by atoms with Crippen molar-refractivity contribution in [3.05, 3.63) is 40.7 Å². The second kappa shape index (κ2) is 3.86. The van der Waals surface area contributed by atoms with Crippen LogP contribution in [0.5, 0.6) is 0 Å². The van der Waals surface area contributed by atoms with Gasteiger partial charge in [0.05, 0.1) is 0 Å². The van der Waals surface area contributed by atoms with E-state index in [0.29, 0.717) is 5.89 Å². The van der Waals surface area contributed by atoms with E-state index < -0.39 is 5.97 Å². The van der Waals surface area contributed by atoms with Crippen LogP contribution < -0.4 is 0 Å². The normalized spacial score (nSPS) is 10.2. The molecule has 76 valence electrons. The lowest BCUT2D eigenvalue weighted by Crippen LogP contribution is -1.96. The molecule has 15 heavy (non-hydrogen) atoms. The van der Waals surface area contributed by atoms with Crippen LogP contribution in [0.2, 0.25) is 0 Å². The fourth-order valence-corrected chi connectivity index (χ4v) is 1.55. The van der Waals surface area contributed by atoms with Gasteiger partial charge in [-0.25, -0.2) is 9.78 Å². The molecule has 0 saturated carbocycles. The van der Waals surface area contributed by atoms with Crippen molar-refractivity contribution in [2.45, 2.75) is 0 Å². The van der Waals surface area contributed by atoms with Gasteiger partial charge in [-0.2, -0.15) is 0 Å². The van der Waals surface area contributed by atoms with E-state index >= 15 is 0 Å². The number of aromatic nitrogens is 1. The SMILES string of the molecule is O=C(O)c1nc(-c2ccccc2)oc1Br. The first kappa shape index (κ1) is 9.92. The standard InChI is InChI=1S/C10H6BrNO3/c11-8-7(10(13)14)12-9(15-8)6-4-2-1-3-5-6/h1-5H,(H,13,14). The summed E-state index contributed by atoms with van der Waals surface area (Å²) in [6.07, 6.45) is 0. The Morgan fingerprint density at radius 2 is 2.00 bits per heavy atom. The highest BCUT2D eigenvalue weighted by molar-refractivity contribution is 9.10. The molecule has 0 atom stereocenters. The number of carboxylic acids is 1. The van der Waals surface area contributed by atoms with Gasteiger partial charge in [-0.3, -0.25) is 0 Å². The zero-order chi connectivity index (χ0) is 10.8. The average Bonchev–Trinajstić information content (AvgIpc) is 2.62. The van der Waals surface area contributed by atoms with Crippen molar-refractivity contribution in [3.63, 3.8) is 0 Å². The van der Waals surface area contributed by atoms with E-state index in [1.54, 1.807) is 12.1 Å². The summed E-state index contributed by atoms with van der Waals surface area (Å²) in [7, 11) is 0. The number of carbonyl (C=O) groups is 1. The van der Waals surface area contributed by atoms with E-state index in [2.05, 4.69) is 20.9 Å². The van der Waals surface area contributed by atoms with Gasteiger partial charge >= 0.3 is 5.97 Å². The smallest absolute Gasteiger partial charge is 0.359 e. The molecule has 0 bridgehead atoms. The second-order valence-corrected chi connectivity index (χ2v) is 3.53. The highest BCUT2D eigenvalue weighted by atomic mass is 79.9. The van der Waals surface area contributed by atoms with Crippen molar-refractivity contribution in [2.75, 3.05) is 0 Å². The molecular weight excluding hydrogens is 262 g/mol. The number of rotatable bonds is 2. The van der Waals surface area contributed by atoms with Gasteiger partial charge in [-0.15, -0.1) is 0 Å². The van der Waals surface area contributed by atoms with Gasteiger partial charge in [0.25, 0.3) is 0 Å². The van der Waals surface area contributed by atoms with Crippen LogP contribution in [0.3, 0.4) is 0 Å². The Labute approximate surface area is 93.7 Å². The summed E-state index contributed by atoms with van der Waals surface area (Å²) in [4.78, 5) is 14.6. The lowest BCUT2D eigenvalue weighted by Gasteiger charge is -1.91. The predicted molar refractivity (Wildman–Crippen MR) is 56.6 cm³/mol. The van der Waals surface area contributed by atoms with Crippen LogP contribution >= 0.6 is 15.9 Å². The number of aromatic carboxylic acids is 1. The van der Waals surface area contributed by atoms with Gasteiger partial charge in [0, 0.05) is 5.56 Å². The summed E-state index contributed by atoms with van der Waals surface area (Å²) in [6.45, 7) is 0. The Morgan fingerprint density at radius 1 is 1.33 bits per heavy atom. The number of hydrogen-bond donors (Lipinski definition) is 1. The van der Waals surface area contributed by atoms with Crippen LogP contribution in [-0.2, 0) is 0 Å². The van der Waals surface area contributed by atoms with Gasteiger partial charge in [0.1, 0.15) is 0 Å². The Kier molecular flexibility index (Phi) is 2.55. The third-order valence-corrected chi connectivity index (χ3v) is 2.35. The molecule has 0 aliphatic carbocycles. The van der Waals surface area contributed by atoms with Crippen LogP contribution in [0.15, 0.2) is 39.4 Å². The molecule has 1 heterocycles. The lowest BCUT2D eigenvalue weighted by atomic mass is 10.2. The third-order valence-electron chi connectivity index (χ3n) is 1.81. The van der Waals surface area contributed by atoms with E-state index in [-0.39, 0.29) is 10.4 Å². The molecule has 2 aromatic rings. The molecule has 0 spiro atoms. The van der Waals surface area contributed by atoms with Gasteiger partial charge in [-0.05, 0) is 28.1 Å². The average molecular weight is 268 g/mol. The molecule has 0 unspecified atom stereocenters. The van der Waals surface area contributed by atoms with Crippen molar-refractivity contribution in [2.24, 2.45) is 0 Å². The molecule has 4 nitrogen and oxygen atoms in total. The molecule has 0 fully saturated rings. The highest BCUT2D eigenvalue weighted by Gasteiger charge is 2.17. The van der Waals surface area contributed by atoms with Crippen LogP contribution in [0.4, 0.5) is 0 Å². The number of hydrogen-bond acceptors (Lipinski definition) is 3. The Morgan fingerprint density at radius 3 is 2.53 bits per heavy atom. The molecule has 2 rings (SSSR count). The maximum atomic E-state index is 10.7. The maximum Gasteiger partial charge on any atom is 0.359 e. The zero-order valence-corrected chi connectivity index (χ0v) is 9.06. The minimum atomic E-state index is -1.12. The van der Waals surface area contributed by atoms with Gasteiger partial charge in [0.2, 0.25) is 16.3 Å². The van der Waals surface area contributed by atoms with Crippen LogP contribution in [0.1, 0.15) is 10.5 Å².